The van der Waals surface area contributed by atoms with Crippen molar-refractivity contribution in [3.8, 4) is 0 Å². The second-order valence-corrected chi connectivity index (χ2v) is 6.24. The van der Waals surface area contributed by atoms with Gasteiger partial charge in [0.25, 0.3) is 0 Å². The highest BCUT2D eigenvalue weighted by Gasteiger charge is 2.10. The van der Waals surface area contributed by atoms with Crippen LogP contribution in [-0.4, -0.2) is 11.1 Å². The average Bonchev–Trinajstić information content (AvgIpc) is 2.87. The molecule has 3 nitrogen and oxygen atoms in total. The maximum absolute atomic E-state index is 10.9. The third kappa shape index (κ3) is 3.38. The SMILES string of the molecule is O=C(O)c1sccc1CNCc1cc(Br)cs1. The van der Waals surface area contributed by atoms with Crippen molar-refractivity contribution in [2.45, 2.75) is 13.1 Å². The van der Waals surface area contributed by atoms with Crippen LogP contribution in [0, 0.1) is 0 Å². The van der Waals surface area contributed by atoms with Crippen molar-refractivity contribution >= 4 is 44.6 Å². The summed E-state index contributed by atoms with van der Waals surface area (Å²) in [5.74, 6) is -0.851. The molecule has 0 unspecified atom stereocenters. The molecule has 2 aromatic rings. The van der Waals surface area contributed by atoms with Crippen LogP contribution in [0.3, 0.4) is 0 Å². The Morgan fingerprint density at radius 1 is 1.41 bits per heavy atom. The Balaban J connectivity index is 1.90. The minimum Gasteiger partial charge on any atom is -0.477 e. The molecular formula is C11H10BrNO2S2. The number of halogens is 1. The number of rotatable bonds is 5. The normalized spacial score (nSPS) is 10.6. The Hall–Kier alpha value is -0.690. The predicted octanol–water partition coefficient (Wildman–Crippen LogP) is 3.56. The highest BCUT2D eigenvalue weighted by Crippen LogP contribution is 2.20. The van der Waals surface area contributed by atoms with Gasteiger partial charge >= 0.3 is 5.97 Å². The summed E-state index contributed by atoms with van der Waals surface area (Å²) >= 11 is 6.34. The van der Waals surface area contributed by atoms with Gasteiger partial charge in [0.1, 0.15) is 4.88 Å². The first kappa shape index (κ1) is 12.8. The van der Waals surface area contributed by atoms with E-state index in [0.29, 0.717) is 11.4 Å². The molecule has 0 spiro atoms. The number of carboxylic acid groups (broad SMARTS) is 1. The summed E-state index contributed by atoms with van der Waals surface area (Å²) in [5.41, 5.74) is 0.845. The Bertz CT molecular complexity index is 521. The minimum absolute atomic E-state index is 0.421. The molecule has 0 fully saturated rings. The number of hydrogen-bond acceptors (Lipinski definition) is 4. The lowest BCUT2D eigenvalue weighted by molar-refractivity contribution is 0.0701. The van der Waals surface area contributed by atoms with Crippen molar-refractivity contribution in [3.05, 3.63) is 42.7 Å². The number of nitrogens with one attached hydrogen (secondary N) is 1. The van der Waals surface area contributed by atoms with E-state index >= 15 is 0 Å². The number of hydrogen-bond donors (Lipinski definition) is 2. The van der Waals surface area contributed by atoms with Crippen LogP contribution in [0.15, 0.2) is 27.4 Å². The van der Waals surface area contributed by atoms with Gasteiger partial charge in [0.15, 0.2) is 0 Å². The van der Waals surface area contributed by atoms with Crippen molar-refractivity contribution in [2.75, 3.05) is 0 Å². The quantitative estimate of drug-likeness (QED) is 0.880. The first-order chi connectivity index (χ1) is 8.16. The van der Waals surface area contributed by atoms with Crippen molar-refractivity contribution in [2.24, 2.45) is 0 Å². The van der Waals surface area contributed by atoms with Crippen LogP contribution in [-0.2, 0) is 13.1 Å². The van der Waals surface area contributed by atoms with Crippen LogP contribution >= 0.6 is 38.6 Å². The molecule has 0 bridgehead atoms. The molecule has 2 rings (SSSR count). The highest BCUT2D eigenvalue weighted by atomic mass is 79.9. The summed E-state index contributed by atoms with van der Waals surface area (Å²) in [4.78, 5) is 12.5. The molecule has 6 heteroatoms. The van der Waals surface area contributed by atoms with Gasteiger partial charge in [-0.2, -0.15) is 0 Å². The van der Waals surface area contributed by atoms with E-state index in [9.17, 15) is 4.79 Å². The van der Waals surface area contributed by atoms with Crippen molar-refractivity contribution in [3.63, 3.8) is 0 Å². The lowest BCUT2D eigenvalue weighted by Crippen LogP contribution is -2.13. The monoisotopic (exact) mass is 331 g/mol. The Morgan fingerprint density at radius 3 is 2.88 bits per heavy atom. The average molecular weight is 332 g/mol. The van der Waals surface area contributed by atoms with E-state index in [4.69, 9.17) is 5.11 Å². The van der Waals surface area contributed by atoms with E-state index in [1.807, 2.05) is 16.8 Å². The van der Waals surface area contributed by atoms with E-state index in [1.165, 1.54) is 16.2 Å². The summed E-state index contributed by atoms with van der Waals surface area (Å²) in [5, 5.41) is 16.0. The van der Waals surface area contributed by atoms with Gasteiger partial charge in [-0.15, -0.1) is 22.7 Å². The third-order valence-corrected chi connectivity index (χ3v) is 4.82. The molecule has 0 atom stereocenters. The van der Waals surface area contributed by atoms with Crippen LogP contribution < -0.4 is 5.32 Å². The molecule has 0 aliphatic rings. The van der Waals surface area contributed by atoms with Gasteiger partial charge in [-0.3, -0.25) is 0 Å². The number of carboxylic acids is 1. The van der Waals surface area contributed by atoms with Crippen molar-refractivity contribution < 1.29 is 9.90 Å². The molecule has 0 aliphatic carbocycles. The fourth-order valence-electron chi connectivity index (χ4n) is 1.43. The summed E-state index contributed by atoms with van der Waals surface area (Å²) in [7, 11) is 0. The fourth-order valence-corrected chi connectivity index (χ4v) is 3.61. The minimum atomic E-state index is -0.851. The molecule has 0 amide bonds. The molecular weight excluding hydrogens is 322 g/mol. The summed E-state index contributed by atoms with van der Waals surface area (Å²) in [6.07, 6.45) is 0. The van der Waals surface area contributed by atoms with Gasteiger partial charge in [-0.05, 0) is 39.0 Å². The van der Waals surface area contributed by atoms with Crippen molar-refractivity contribution in [1.29, 1.82) is 0 Å². The molecule has 0 saturated carbocycles. The first-order valence-corrected chi connectivity index (χ1v) is 7.45. The topological polar surface area (TPSA) is 49.3 Å². The van der Waals surface area contributed by atoms with E-state index in [-0.39, 0.29) is 0 Å². The summed E-state index contributed by atoms with van der Waals surface area (Å²) in [6.45, 7) is 1.34. The van der Waals surface area contributed by atoms with E-state index in [0.717, 1.165) is 16.6 Å². The number of carbonyl (C=O) groups is 1. The second-order valence-electron chi connectivity index (χ2n) is 3.41. The molecule has 2 aromatic heterocycles. The molecule has 90 valence electrons. The standard InChI is InChI=1S/C11H10BrNO2S2/c12-8-3-9(17-6-8)5-13-4-7-1-2-16-10(7)11(14)15/h1-3,6,13H,4-5H2,(H,14,15). The highest BCUT2D eigenvalue weighted by molar-refractivity contribution is 9.10. The molecule has 2 heterocycles. The van der Waals surface area contributed by atoms with E-state index in [2.05, 4.69) is 27.3 Å². The largest absolute Gasteiger partial charge is 0.477 e. The van der Waals surface area contributed by atoms with Gasteiger partial charge in [-0.25, -0.2) is 4.79 Å². The lowest BCUT2D eigenvalue weighted by atomic mass is 10.2. The zero-order valence-corrected chi connectivity index (χ0v) is 12.0. The zero-order valence-electron chi connectivity index (χ0n) is 8.77. The fraction of sp³-hybridized carbons (Fsp3) is 0.182. The van der Waals surface area contributed by atoms with E-state index < -0.39 is 5.97 Å². The van der Waals surface area contributed by atoms with Crippen LogP contribution in [0.5, 0.6) is 0 Å². The Kier molecular flexibility index (Phi) is 4.33. The molecule has 17 heavy (non-hydrogen) atoms. The Labute approximate surface area is 115 Å². The van der Waals surface area contributed by atoms with Gasteiger partial charge in [0.05, 0.1) is 0 Å². The van der Waals surface area contributed by atoms with E-state index in [1.54, 1.807) is 11.3 Å². The molecule has 0 saturated heterocycles. The molecule has 0 aliphatic heterocycles. The third-order valence-electron chi connectivity index (χ3n) is 2.18. The second kappa shape index (κ2) is 5.77. The number of aromatic carboxylic acids is 1. The summed E-state index contributed by atoms with van der Waals surface area (Å²) < 4.78 is 1.08. The van der Waals surface area contributed by atoms with Crippen LogP contribution in [0.1, 0.15) is 20.1 Å². The molecule has 2 N–H and O–H groups in total. The van der Waals surface area contributed by atoms with Crippen LogP contribution in [0.2, 0.25) is 0 Å². The van der Waals surface area contributed by atoms with Gasteiger partial charge in [0, 0.05) is 27.8 Å². The maximum Gasteiger partial charge on any atom is 0.346 e. The zero-order chi connectivity index (χ0) is 12.3. The van der Waals surface area contributed by atoms with Gasteiger partial charge in [0.2, 0.25) is 0 Å². The number of thiophene rings is 2. The van der Waals surface area contributed by atoms with Crippen LogP contribution in [0.4, 0.5) is 0 Å². The van der Waals surface area contributed by atoms with Gasteiger partial charge in [-0.1, -0.05) is 0 Å². The smallest absolute Gasteiger partial charge is 0.346 e. The maximum atomic E-state index is 10.9. The molecule has 0 aromatic carbocycles. The predicted molar refractivity (Wildman–Crippen MR) is 73.8 cm³/mol. The Morgan fingerprint density at radius 2 is 2.24 bits per heavy atom. The van der Waals surface area contributed by atoms with Crippen molar-refractivity contribution in [1.82, 2.24) is 5.32 Å². The van der Waals surface area contributed by atoms with Gasteiger partial charge < -0.3 is 10.4 Å². The van der Waals surface area contributed by atoms with Crippen LogP contribution in [0.25, 0.3) is 0 Å². The summed E-state index contributed by atoms with van der Waals surface area (Å²) in [6, 6.07) is 3.91. The lowest BCUT2D eigenvalue weighted by Gasteiger charge is -2.02. The molecule has 0 radical (unpaired) electrons. The first-order valence-electron chi connectivity index (χ1n) is 4.90.